The molecule has 0 aromatic heterocycles. The summed E-state index contributed by atoms with van der Waals surface area (Å²) in [5.74, 6) is -1.69. The Hall–Kier alpha value is -2.01. The van der Waals surface area contributed by atoms with Crippen LogP contribution in [0.5, 0.6) is 0 Å². The molecule has 3 unspecified atom stereocenters. The molecular weight excluding hydrogens is 414 g/mol. The van der Waals surface area contributed by atoms with Crippen LogP contribution in [0, 0.1) is 11.3 Å². The Kier molecular flexibility index (Phi) is 8.15. The van der Waals surface area contributed by atoms with E-state index >= 15 is 0 Å². The minimum Gasteiger partial charge on any atom is -0.477 e. The van der Waals surface area contributed by atoms with Gasteiger partial charge in [-0.3, -0.25) is 4.79 Å². The standard InChI is InChI=1S/C28H41NO4/c1-5-28(3,4)25(30)26(31)29(23-16-10-7-11-17-23)18-12-15-22(24(29)27(32)33)19-20(2)21-13-8-6-9-14-21/h6,8-9,13-14,20,22-24H,5,7,10-12,15-19H2,1-4H3/p+1/t20-,22?,24?,29?/m0/s1. The number of nitrogens with zero attached hydrogens (tertiary/aromatic N) is 1. The van der Waals surface area contributed by atoms with Gasteiger partial charge in [-0.15, -0.1) is 0 Å². The summed E-state index contributed by atoms with van der Waals surface area (Å²) in [6.07, 6.45) is 7.64. The molecule has 5 nitrogen and oxygen atoms in total. The highest BCUT2D eigenvalue weighted by atomic mass is 16.4. The normalized spacial score (nSPS) is 27.6. The first-order valence-corrected chi connectivity index (χ1v) is 12.9. The number of aliphatic carboxylic acids is 1. The number of quaternary nitrogens is 1. The lowest BCUT2D eigenvalue weighted by atomic mass is 9.75. The van der Waals surface area contributed by atoms with Gasteiger partial charge >= 0.3 is 11.9 Å². The second-order valence-corrected chi connectivity index (χ2v) is 11.1. The molecule has 1 heterocycles. The highest BCUT2D eigenvalue weighted by Gasteiger charge is 2.61. The Morgan fingerprint density at radius 2 is 1.67 bits per heavy atom. The Balaban J connectivity index is 2.03. The van der Waals surface area contributed by atoms with Crippen molar-refractivity contribution in [3.8, 4) is 0 Å². The third kappa shape index (κ3) is 5.08. The van der Waals surface area contributed by atoms with Gasteiger partial charge in [0.2, 0.25) is 0 Å². The van der Waals surface area contributed by atoms with Crippen LogP contribution >= 0.6 is 0 Å². The van der Waals surface area contributed by atoms with Gasteiger partial charge in [-0.05, 0) is 62.8 Å². The molecule has 4 atom stereocenters. The molecule has 1 amide bonds. The summed E-state index contributed by atoms with van der Waals surface area (Å²) in [5.41, 5.74) is 0.419. The van der Waals surface area contributed by atoms with Crippen LogP contribution in [0.15, 0.2) is 30.3 Å². The van der Waals surface area contributed by atoms with Gasteiger partial charge in [0.15, 0.2) is 6.04 Å². The van der Waals surface area contributed by atoms with Crippen LogP contribution in [0.1, 0.15) is 97.0 Å². The van der Waals surface area contributed by atoms with E-state index in [1.807, 2.05) is 39.0 Å². The van der Waals surface area contributed by atoms with Gasteiger partial charge < -0.3 is 5.11 Å². The van der Waals surface area contributed by atoms with E-state index in [9.17, 15) is 19.5 Å². The van der Waals surface area contributed by atoms with E-state index in [-0.39, 0.29) is 22.4 Å². The molecule has 1 aromatic carbocycles. The number of hydrogen-bond acceptors (Lipinski definition) is 3. The first-order chi connectivity index (χ1) is 15.6. The molecule has 1 aliphatic carbocycles. The number of carboxylic acid groups (broad SMARTS) is 1. The number of hydrogen-bond donors (Lipinski definition) is 1. The first kappa shape index (κ1) is 25.6. The smallest absolute Gasteiger partial charge is 0.383 e. The van der Waals surface area contributed by atoms with Gasteiger partial charge in [0.25, 0.3) is 5.78 Å². The first-order valence-electron chi connectivity index (χ1n) is 12.9. The molecule has 33 heavy (non-hydrogen) atoms. The van der Waals surface area contributed by atoms with Crippen LogP contribution in [0.2, 0.25) is 0 Å². The van der Waals surface area contributed by atoms with Crippen molar-refractivity contribution in [2.45, 2.75) is 103 Å². The maximum atomic E-state index is 14.1. The Labute approximate surface area is 199 Å². The number of carbonyl (C=O) groups excluding carboxylic acids is 2. The SMILES string of the molecule is CCC(C)(C)C(=O)C(=O)[N+]1(C2CCCCC2)CCCC(C[C@H](C)c2ccccc2)C1C(=O)O. The lowest BCUT2D eigenvalue weighted by molar-refractivity contribution is -0.903. The third-order valence-electron chi connectivity index (χ3n) is 8.62. The van der Waals surface area contributed by atoms with Gasteiger partial charge in [0, 0.05) is 11.3 Å². The van der Waals surface area contributed by atoms with Gasteiger partial charge in [0.05, 0.1) is 12.6 Å². The molecule has 1 aromatic rings. The van der Waals surface area contributed by atoms with Crippen molar-refractivity contribution < 1.29 is 24.0 Å². The molecule has 1 N–H and O–H groups in total. The van der Waals surface area contributed by atoms with Crippen molar-refractivity contribution in [3.05, 3.63) is 35.9 Å². The zero-order valence-electron chi connectivity index (χ0n) is 20.9. The van der Waals surface area contributed by atoms with Crippen molar-refractivity contribution in [2.75, 3.05) is 6.54 Å². The average molecular weight is 457 g/mol. The number of rotatable bonds is 8. The number of carbonyl (C=O) groups is 3. The largest absolute Gasteiger partial charge is 0.477 e. The summed E-state index contributed by atoms with van der Waals surface area (Å²) in [6, 6.07) is 9.27. The summed E-state index contributed by atoms with van der Waals surface area (Å²) >= 11 is 0. The van der Waals surface area contributed by atoms with Crippen LogP contribution in [0.4, 0.5) is 0 Å². The zero-order chi connectivity index (χ0) is 24.2. The van der Waals surface area contributed by atoms with E-state index in [1.165, 1.54) is 5.56 Å². The van der Waals surface area contributed by atoms with Crippen LogP contribution in [0.25, 0.3) is 0 Å². The molecule has 1 saturated carbocycles. The fraction of sp³-hybridized carbons (Fsp3) is 0.679. The maximum absolute atomic E-state index is 14.1. The predicted octanol–water partition coefficient (Wildman–Crippen LogP) is 5.72. The van der Waals surface area contributed by atoms with Crippen LogP contribution in [0.3, 0.4) is 0 Å². The quantitative estimate of drug-likeness (QED) is 0.401. The highest BCUT2D eigenvalue weighted by molar-refractivity contribution is 6.35. The van der Waals surface area contributed by atoms with Crippen LogP contribution in [-0.4, -0.2) is 45.9 Å². The molecule has 182 valence electrons. The van der Waals surface area contributed by atoms with E-state index in [0.29, 0.717) is 19.4 Å². The summed E-state index contributed by atoms with van der Waals surface area (Å²) in [5, 5.41) is 10.6. The molecular formula is C28H42NO4+. The predicted molar refractivity (Wildman–Crippen MR) is 130 cm³/mol. The van der Waals surface area contributed by atoms with Crippen molar-refractivity contribution >= 4 is 17.7 Å². The molecule has 0 bridgehead atoms. The molecule has 2 fully saturated rings. The molecule has 0 spiro atoms. The minimum atomic E-state index is -0.916. The fourth-order valence-electron chi connectivity index (χ4n) is 6.29. The lowest BCUT2D eigenvalue weighted by Gasteiger charge is -2.52. The van der Waals surface area contributed by atoms with E-state index in [2.05, 4.69) is 19.1 Å². The van der Waals surface area contributed by atoms with E-state index in [0.717, 1.165) is 44.9 Å². The molecule has 1 saturated heterocycles. The van der Waals surface area contributed by atoms with Gasteiger partial charge in [-0.25, -0.2) is 14.1 Å². The summed E-state index contributed by atoms with van der Waals surface area (Å²) < 4.78 is -0.149. The number of likely N-dealkylation sites (tertiary alicyclic amines) is 1. The van der Waals surface area contributed by atoms with Crippen LogP contribution < -0.4 is 0 Å². The van der Waals surface area contributed by atoms with Crippen LogP contribution in [-0.2, 0) is 14.4 Å². The van der Waals surface area contributed by atoms with Crippen molar-refractivity contribution in [1.82, 2.24) is 0 Å². The number of Topliss-reactive ketones (excluding diaryl/α,β-unsaturated/α-hetero) is 1. The number of carboxylic acids is 1. The summed E-state index contributed by atoms with van der Waals surface area (Å²) in [7, 11) is 0. The third-order valence-corrected chi connectivity index (χ3v) is 8.62. The number of ketones is 1. The zero-order valence-corrected chi connectivity index (χ0v) is 20.9. The Morgan fingerprint density at radius 1 is 1.03 bits per heavy atom. The molecule has 5 heteroatoms. The van der Waals surface area contributed by atoms with E-state index in [4.69, 9.17) is 0 Å². The molecule has 1 aliphatic heterocycles. The Bertz CT molecular complexity index is 843. The monoisotopic (exact) mass is 456 g/mol. The molecule has 3 rings (SSSR count). The summed E-state index contributed by atoms with van der Waals surface area (Å²) in [4.78, 5) is 40.5. The maximum Gasteiger partial charge on any atom is 0.383 e. The van der Waals surface area contributed by atoms with Crippen molar-refractivity contribution in [1.29, 1.82) is 0 Å². The Morgan fingerprint density at radius 3 is 2.24 bits per heavy atom. The van der Waals surface area contributed by atoms with E-state index in [1.54, 1.807) is 0 Å². The average Bonchev–Trinajstić information content (AvgIpc) is 2.83. The summed E-state index contributed by atoms with van der Waals surface area (Å²) in [6.45, 7) is 8.18. The second-order valence-electron chi connectivity index (χ2n) is 11.1. The fourth-order valence-corrected chi connectivity index (χ4v) is 6.29. The molecule has 2 aliphatic rings. The number of benzene rings is 1. The minimum absolute atomic E-state index is 0.0706. The highest BCUT2D eigenvalue weighted by Crippen LogP contribution is 2.43. The van der Waals surface area contributed by atoms with Gasteiger partial charge in [-0.1, -0.05) is 64.4 Å². The van der Waals surface area contributed by atoms with Crippen molar-refractivity contribution in [2.24, 2.45) is 11.3 Å². The lowest BCUT2D eigenvalue weighted by Crippen LogP contribution is -2.73. The number of piperidine rings is 1. The van der Waals surface area contributed by atoms with Crippen molar-refractivity contribution in [3.63, 3.8) is 0 Å². The van der Waals surface area contributed by atoms with Gasteiger partial charge in [0.1, 0.15) is 0 Å². The van der Waals surface area contributed by atoms with E-state index < -0.39 is 29.1 Å². The topological polar surface area (TPSA) is 71.4 Å². The second kappa shape index (κ2) is 10.5. The molecule has 0 radical (unpaired) electrons. The number of amides is 1. The van der Waals surface area contributed by atoms with Gasteiger partial charge in [-0.2, -0.15) is 0 Å².